The van der Waals surface area contributed by atoms with Gasteiger partial charge in [0.05, 0.1) is 12.2 Å². The van der Waals surface area contributed by atoms with Crippen LogP contribution in [-0.2, 0) is 4.74 Å². The van der Waals surface area contributed by atoms with Gasteiger partial charge in [0, 0.05) is 12.6 Å². The molecule has 86 valence electrons. The molecule has 0 amide bonds. The lowest BCUT2D eigenvalue weighted by atomic mass is 9.95. The minimum Gasteiger partial charge on any atom is -0.367 e. The fourth-order valence-electron chi connectivity index (χ4n) is 2.96. The van der Waals surface area contributed by atoms with E-state index in [-0.39, 0.29) is 6.10 Å². The molecule has 2 heterocycles. The van der Waals surface area contributed by atoms with Crippen molar-refractivity contribution in [1.29, 1.82) is 0 Å². The fourth-order valence-corrected chi connectivity index (χ4v) is 2.96. The van der Waals surface area contributed by atoms with Crippen LogP contribution >= 0.6 is 0 Å². The quantitative estimate of drug-likeness (QED) is 0.717. The van der Waals surface area contributed by atoms with E-state index in [4.69, 9.17) is 4.74 Å². The molecule has 3 rings (SSSR count). The van der Waals surface area contributed by atoms with Crippen molar-refractivity contribution in [2.75, 3.05) is 13.1 Å². The van der Waals surface area contributed by atoms with Crippen LogP contribution in [0.5, 0.6) is 0 Å². The van der Waals surface area contributed by atoms with Crippen molar-refractivity contribution >= 4 is 0 Å². The lowest BCUT2D eigenvalue weighted by Gasteiger charge is -2.46. The van der Waals surface area contributed by atoms with Crippen LogP contribution < -0.4 is 0 Å². The maximum absolute atomic E-state index is 6.21. The Morgan fingerprint density at radius 2 is 2.06 bits per heavy atom. The van der Waals surface area contributed by atoms with E-state index in [0.29, 0.717) is 12.1 Å². The summed E-state index contributed by atoms with van der Waals surface area (Å²) in [5, 5.41) is 0. The molecule has 1 aromatic carbocycles. The van der Waals surface area contributed by atoms with Gasteiger partial charge in [-0.05, 0) is 31.9 Å². The Morgan fingerprint density at radius 3 is 2.88 bits per heavy atom. The Labute approximate surface area is 97.2 Å². The first-order valence-corrected chi connectivity index (χ1v) is 6.29. The van der Waals surface area contributed by atoms with Crippen LogP contribution in [0.4, 0.5) is 0 Å². The van der Waals surface area contributed by atoms with Gasteiger partial charge in [-0.2, -0.15) is 0 Å². The number of benzene rings is 1. The number of morpholine rings is 1. The molecular weight excluding hydrogens is 198 g/mol. The Balaban J connectivity index is 1.85. The fraction of sp³-hybridized carbons (Fsp3) is 0.571. The molecule has 0 N–H and O–H groups in total. The summed E-state index contributed by atoms with van der Waals surface area (Å²) in [7, 11) is 0. The smallest absolute Gasteiger partial charge is 0.0981 e. The number of rotatable bonds is 1. The average molecular weight is 217 g/mol. The monoisotopic (exact) mass is 217 g/mol. The Morgan fingerprint density at radius 1 is 1.25 bits per heavy atom. The second kappa shape index (κ2) is 4.19. The molecular formula is C14H19NO. The number of hydrogen-bond acceptors (Lipinski definition) is 2. The summed E-state index contributed by atoms with van der Waals surface area (Å²) in [5.74, 6) is 0. The highest BCUT2D eigenvalue weighted by molar-refractivity contribution is 5.20. The number of nitrogens with zero attached hydrogens (tertiary/aromatic N) is 1. The molecule has 1 aromatic rings. The van der Waals surface area contributed by atoms with E-state index in [1.54, 1.807) is 0 Å². The third-order valence-corrected chi connectivity index (χ3v) is 3.89. The molecule has 2 aliphatic heterocycles. The minimum atomic E-state index is 0.264. The van der Waals surface area contributed by atoms with E-state index in [1.807, 2.05) is 0 Å². The van der Waals surface area contributed by atoms with Crippen LogP contribution in [0.1, 0.15) is 31.4 Å². The van der Waals surface area contributed by atoms with E-state index in [2.05, 4.69) is 42.2 Å². The first kappa shape index (κ1) is 10.3. The highest BCUT2D eigenvalue weighted by Crippen LogP contribution is 2.34. The molecule has 0 aliphatic carbocycles. The molecule has 2 bridgehead atoms. The number of hydrogen-bond donors (Lipinski definition) is 0. The highest BCUT2D eigenvalue weighted by Gasteiger charge is 2.36. The third kappa shape index (κ3) is 1.76. The second-order valence-corrected chi connectivity index (χ2v) is 4.97. The maximum Gasteiger partial charge on any atom is 0.0981 e. The zero-order valence-electron chi connectivity index (χ0n) is 9.80. The summed E-state index contributed by atoms with van der Waals surface area (Å²) < 4.78 is 6.21. The van der Waals surface area contributed by atoms with Crippen LogP contribution in [0, 0.1) is 0 Å². The highest BCUT2D eigenvalue weighted by atomic mass is 16.5. The average Bonchev–Trinajstić information content (AvgIpc) is 2.35. The van der Waals surface area contributed by atoms with E-state index < -0.39 is 0 Å². The van der Waals surface area contributed by atoms with Gasteiger partial charge in [-0.3, -0.25) is 4.90 Å². The topological polar surface area (TPSA) is 12.5 Å². The van der Waals surface area contributed by atoms with E-state index in [0.717, 1.165) is 6.54 Å². The van der Waals surface area contributed by atoms with Crippen LogP contribution in [0.2, 0.25) is 0 Å². The van der Waals surface area contributed by atoms with Gasteiger partial charge in [0.1, 0.15) is 0 Å². The molecule has 2 unspecified atom stereocenters. The van der Waals surface area contributed by atoms with Crippen molar-refractivity contribution in [1.82, 2.24) is 4.90 Å². The van der Waals surface area contributed by atoms with Crippen molar-refractivity contribution in [2.45, 2.75) is 38.0 Å². The Kier molecular flexibility index (Phi) is 2.70. The van der Waals surface area contributed by atoms with Gasteiger partial charge in [-0.15, -0.1) is 0 Å². The van der Waals surface area contributed by atoms with Crippen molar-refractivity contribution in [3.8, 4) is 0 Å². The molecule has 0 aromatic heterocycles. The van der Waals surface area contributed by atoms with Gasteiger partial charge in [-0.25, -0.2) is 0 Å². The zero-order valence-corrected chi connectivity index (χ0v) is 9.80. The van der Waals surface area contributed by atoms with E-state index in [9.17, 15) is 0 Å². The van der Waals surface area contributed by atoms with Gasteiger partial charge in [0.2, 0.25) is 0 Å². The first-order valence-electron chi connectivity index (χ1n) is 6.29. The summed E-state index contributed by atoms with van der Waals surface area (Å²) in [4.78, 5) is 2.58. The SMILES string of the molecule is C[C@H]1[C@H](c2ccccc2)OC2CCCN1C2. The summed E-state index contributed by atoms with van der Waals surface area (Å²) in [6.07, 6.45) is 3.23. The zero-order chi connectivity index (χ0) is 11.0. The van der Waals surface area contributed by atoms with Gasteiger partial charge >= 0.3 is 0 Å². The molecule has 0 saturated carbocycles. The summed E-state index contributed by atoms with van der Waals surface area (Å²) in [6.45, 7) is 4.66. The summed E-state index contributed by atoms with van der Waals surface area (Å²) in [6, 6.07) is 11.2. The van der Waals surface area contributed by atoms with Crippen molar-refractivity contribution in [2.24, 2.45) is 0 Å². The first-order chi connectivity index (χ1) is 7.84. The van der Waals surface area contributed by atoms with E-state index in [1.165, 1.54) is 24.9 Å². The van der Waals surface area contributed by atoms with Gasteiger partial charge in [0.15, 0.2) is 0 Å². The molecule has 2 fully saturated rings. The lowest BCUT2D eigenvalue weighted by molar-refractivity contribution is -0.137. The van der Waals surface area contributed by atoms with E-state index >= 15 is 0 Å². The van der Waals surface area contributed by atoms with Crippen LogP contribution in [0.3, 0.4) is 0 Å². The molecule has 2 nitrogen and oxygen atoms in total. The molecule has 0 radical (unpaired) electrons. The number of ether oxygens (including phenoxy) is 1. The normalized spacial score (nSPS) is 38.3. The van der Waals surface area contributed by atoms with Crippen molar-refractivity contribution < 1.29 is 4.74 Å². The Bertz CT molecular complexity index is 351. The minimum absolute atomic E-state index is 0.264. The number of piperidine rings is 1. The summed E-state index contributed by atoms with van der Waals surface area (Å²) in [5.41, 5.74) is 1.33. The molecule has 2 aliphatic rings. The van der Waals surface area contributed by atoms with Gasteiger partial charge < -0.3 is 4.74 Å². The largest absolute Gasteiger partial charge is 0.367 e. The van der Waals surface area contributed by atoms with Crippen LogP contribution in [-0.4, -0.2) is 30.1 Å². The van der Waals surface area contributed by atoms with Crippen molar-refractivity contribution in [3.05, 3.63) is 35.9 Å². The predicted octanol–water partition coefficient (Wildman–Crippen LogP) is 2.61. The van der Waals surface area contributed by atoms with Gasteiger partial charge in [0.25, 0.3) is 0 Å². The van der Waals surface area contributed by atoms with Crippen LogP contribution in [0.15, 0.2) is 30.3 Å². The second-order valence-electron chi connectivity index (χ2n) is 4.97. The van der Waals surface area contributed by atoms with Crippen molar-refractivity contribution in [3.63, 3.8) is 0 Å². The third-order valence-electron chi connectivity index (χ3n) is 3.89. The predicted molar refractivity (Wildman–Crippen MR) is 64.3 cm³/mol. The maximum atomic E-state index is 6.21. The number of fused-ring (bicyclic) bond motifs is 2. The molecule has 2 saturated heterocycles. The molecule has 4 atom stereocenters. The lowest BCUT2D eigenvalue weighted by Crippen LogP contribution is -2.52. The summed E-state index contributed by atoms with van der Waals surface area (Å²) >= 11 is 0. The molecule has 16 heavy (non-hydrogen) atoms. The molecule has 2 heteroatoms. The standard InChI is InChI=1S/C14H19NO/c1-11-14(12-6-3-2-4-7-12)16-13-8-5-9-15(11)10-13/h2-4,6-7,11,13-14H,5,8-10H2,1H3/t11-,13?,14+/m0/s1. The van der Waals surface area contributed by atoms with Crippen LogP contribution in [0.25, 0.3) is 0 Å². The van der Waals surface area contributed by atoms with Gasteiger partial charge in [-0.1, -0.05) is 30.3 Å². The molecule has 0 spiro atoms. The Hall–Kier alpha value is -0.860.